The Hall–Kier alpha value is -1.16. The highest BCUT2D eigenvalue weighted by molar-refractivity contribution is 7.80. The van der Waals surface area contributed by atoms with E-state index in [1.165, 1.54) is 12.8 Å². The first-order valence-corrected chi connectivity index (χ1v) is 5.01. The van der Waals surface area contributed by atoms with E-state index in [1.54, 1.807) is 13.3 Å². The Balaban J connectivity index is 1.98. The highest BCUT2D eigenvalue weighted by Crippen LogP contribution is 2.31. The van der Waals surface area contributed by atoms with Gasteiger partial charge in [-0.2, -0.15) is 0 Å². The molecule has 0 radical (unpaired) electrons. The van der Waals surface area contributed by atoms with Gasteiger partial charge in [0.25, 0.3) is 0 Å². The van der Waals surface area contributed by atoms with Gasteiger partial charge in [0, 0.05) is 12.0 Å². The highest BCUT2D eigenvalue weighted by Gasteiger charge is 2.26. The largest absolute Gasteiger partial charge is 0.481 e. The van der Waals surface area contributed by atoms with E-state index in [4.69, 9.17) is 17.0 Å². The minimum Gasteiger partial charge on any atom is -0.481 e. The van der Waals surface area contributed by atoms with Crippen LogP contribution in [0.25, 0.3) is 0 Å². The van der Waals surface area contributed by atoms with Gasteiger partial charge in [0.2, 0.25) is 5.88 Å². The molecular formula is C10H12N2OS. The van der Waals surface area contributed by atoms with Crippen molar-refractivity contribution >= 4 is 22.9 Å². The molecule has 1 N–H and O–H groups in total. The first-order chi connectivity index (χ1) is 6.79. The van der Waals surface area contributed by atoms with Gasteiger partial charge in [-0.3, -0.25) is 0 Å². The van der Waals surface area contributed by atoms with Crippen LogP contribution >= 0.6 is 12.2 Å². The predicted octanol–water partition coefficient (Wildman–Crippen LogP) is 2.24. The third-order valence-electron chi connectivity index (χ3n) is 2.16. The van der Waals surface area contributed by atoms with Gasteiger partial charge in [-0.15, -0.1) is 0 Å². The van der Waals surface area contributed by atoms with Crippen molar-refractivity contribution in [1.82, 2.24) is 4.98 Å². The lowest BCUT2D eigenvalue weighted by molar-refractivity contribution is 0.398. The maximum Gasteiger partial charge on any atom is 0.213 e. The summed E-state index contributed by atoms with van der Waals surface area (Å²) in [6.07, 6.45) is 4.17. The summed E-state index contributed by atoms with van der Waals surface area (Å²) in [7, 11) is 1.60. The van der Waals surface area contributed by atoms with Gasteiger partial charge in [-0.05, 0) is 18.9 Å². The van der Waals surface area contributed by atoms with Crippen LogP contribution in [-0.2, 0) is 0 Å². The molecule has 3 nitrogen and oxygen atoms in total. The van der Waals surface area contributed by atoms with E-state index in [2.05, 4.69) is 10.3 Å². The molecule has 1 aromatic heterocycles. The zero-order chi connectivity index (χ0) is 9.97. The molecular weight excluding hydrogens is 196 g/mol. The summed E-state index contributed by atoms with van der Waals surface area (Å²) in [6, 6.07) is 3.73. The average Bonchev–Trinajstić information content (AvgIpc) is 3.02. The van der Waals surface area contributed by atoms with E-state index in [0.717, 1.165) is 10.7 Å². The molecule has 1 aromatic rings. The van der Waals surface area contributed by atoms with Gasteiger partial charge in [0.1, 0.15) is 0 Å². The van der Waals surface area contributed by atoms with Gasteiger partial charge in [0.05, 0.1) is 24.0 Å². The van der Waals surface area contributed by atoms with Crippen LogP contribution in [0.1, 0.15) is 12.8 Å². The average molecular weight is 208 g/mol. The number of nitrogens with zero attached hydrogens (tertiary/aromatic N) is 1. The summed E-state index contributed by atoms with van der Waals surface area (Å²) in [4.78, 5) is 5.01. The second-order valence-corrected chi connectivity index (χ2v) is 3.79. The zero-order valence-corrected chi connectivity index (χ0v) is 8.80. The Kier molecular flexibility index (Phi) is 2.63. The Labute approximate surface area is 88.5 Å². The Morgan fingerprint density at radius 1 is 1.57 bits per heavy atom. The number of pyridine rings is 1. The maximum atomic E-state index is 5.21. The summed E-state index contributed by atoms with van der Waals surface area (Å²) in [5.74, 6) is 1.21. The minimum atomic E-state index is 0.590. The van der Waals surface area contributed by atoms with E-state index >= 15 is 0 Å². The molecule has 1 aliphatic rings. The molecule has 1 heterocycles. The van der Waals surface area contributed by atoms with Gasteiger partial charge in [-0.1, -0.05) is 12.2 Å². The molecule has 0 aromatic carbocycles. The van der Waals surface area contributed by atoms with E-state index in [9.17, 15) is 0 Å². The molecule has 0 atom stereocenters. The zero-order valence-electron chi connectivity index (χ0n) is 7.99. The first kappa shape index (κ1) is 9.40. The summed E-state index contributed by atoms with van der Waals surface area (Å²) in [5.41, 5.74) is 0.933. The van der Waals surface area contributed by atoms with Gasteiger partial charge in [-0.25, -0.2) is 4.98 Å². The molecule has 0 amide bonds. The molecule has 0 unspecified atom stereocenters. The van der Waals surface area contributed by atoms with Crippen molar-refractivity contribution in [1.29, 1.82) is 0 Å². The normalized spacial score (nSPS) is 14.9. The summed E-state index contributed by atoms with van der Waals surface area (Å²) >= 11 is 5.21. The number of ether oxygens (including phenoxy) is 1. The summed E-state index contributed by atoms with van der Waals surface area (Å²) in [6.45, 7) is 0. The van der Waals surface area contributed by atoms with Crippen LogP contribution in [0.15, 0.2) is 18.3 Å². The second-order valence-electron chi connectivity index (χ2n) is 3.35. The minimum absolute atomic E-state index is 0.590. The van der Waals surface area contributed by atoms with Crippen molar-refractivity contribution in [2.24, 2.45) is 5.92 Å². The third kappa shape index (κ3) is 2.20. The van der Waals surface area contributed by atoms with Gasteiger partial charge in [0.15, 0.2) is 0 Å². The fourth-order valence-corrected chi connectivity index (χ4v) is 1.52. The van der Waals surface area contributed by atoms with Crippen LogP contribution in [-0.4, -0.2) is 17.1 Å². The van der Waals surface area contributed by atoms with E-state index < -0.39 is 0 Å². The molecule has 14 heavy (non-hydrogen) atoms. The number of aromatic nitrogens is 1. The number of rotatable bonds is 3. The molecule has 0 aliphatic heterocycles. The van der Waals surface area contributed by atoms with E-state index in [-0.39, 0.29) is 0 Å². The van der Waals surface area contributed by atoms with Crippen molar-refractivity contribution in [2.75, 3.05) is 12.4 Å². The number of anilines is 1. The lowest BCUT2D eigenvalue weighted by Crippen LogP contribution is -2.10. The number of hydrogen-bond donors (Lipinski definition) is 1. The van der Waals surface area contributed by atoms with Crippen molar-refractivity contribution in [3.63, 3.8) is 0 Å². The topological polar surface area (TPSA) is 34.1 Å². The standard InChI is InChI=1S/C10H12N2OS/c1-13-9-5-4-8(6-11-9)12-10(14)7-2-3-7/h4-7H,2-3H2,1H3,(H,12,14). The molecule has 4 heteroatoms. The van der Waals surface area contributed by atoms with Gasteiger partial charge < -0.3 is 10.1 Å². The molecule has 0 saturated heterocycles. The van der Waals surface area contributed by atoms with Crippen LogP contribution in [0.2, 0.25) is 0 Å². The number of nitrogens with one attached hydrogen (secondary N) is 1. The molecule has 74 valence electrons. The van der Waals surface area contributed by atoms with Crippen LogP contribution in [0.5, 0.6) is 5.88 Å². The maximum absolute atomic E-state index is 5.21. The van der Waals surface area contributed by atoms with Crippen molar-refractivity contribution < 1.29 is 4.74 Å². The Morgan fingerprint density at radius 2 is 2.36 bits per heavy atom. The lowest BCUT2D eigenvalue weighted by Gasteiger charge is -2.06. The molecule has 1 aliphatic carbocycles. The highest BCUT2D eigenvalue weighted by atomic mass is 32.1. The molecule has 1 saturated carbocycles. The lowest BCUT2D eigenvalue weighted by atomic mass is 10.3. The van der Waals surface area contributed by atoms with Crippen molar-refractivity contribution in [3.05, 3.63) is 18.3 Å². The smallest absolute Gasteiger partial charge is 0.213 e. The fraction of sp³-hybridized carbons (Fsp3) is 0.400. The van der Waals surface area contributed by atoms with E-state index in [1.807, 2.05) is 12.1 Å². The summed E-state index contributed by atoms with van der Waals surface area (Å²) in [5, 5.41) is 3.17. The fourth-order valence-electron chi connectivity index (χ4n) is 1.16. The van der Waals surface area contributed by atoms with Crippen molar-refractivity contribution in [3.8, 4) is 5.88 Å². The predicted molar refractivity (Wildman–Crippen MR) is 59.7 cm³/mol. The summed E-state index contributed by atoms with van der Waals surface area (Å²) < 4.78 is 4.96. The van der Waals surface area contributed by atoms with Crippen LogP contribution < -0.4 is 10.1 Å². The SMILES string of the molecule is COc1ccc(NC(=S)C2CC2)cn1. The van der Waals surface area contributed by atoms with Crippen molar-refractivity contribution in [2.45, 2.75) is 12.8 Å². The Bertz CT molecular complexity index is 332. The monoisotopic (exact) mass is 208 g/mol. The molecule has 2 rings (SSSR count). The number of hydrogen-bond acceptors (Lipinski definition) is 3. The van der Waals surface area contributed by atoms with Crippen LogP contribution in [0, 0.1) is 5.92 Å². The number of thiocarbonyl (C=S) groups is 1. The molecule has 0 spiro atoms. The number of methoxy groups -OCH3 is 1. The Morgan fingerprint density at radius 3 is 2.86 bits per heavy atom. The van der Waals surface area contributed by atoms with E-state index in [0.29, 0.717) is 11.8 Å². The third-order valence-corrected chi connectivity index (χ3v) is 2.60. The molecule has 1 fully saturated rings. The quantitative estimate of drug-likeness (QED) is 0.772. The van der Waals surface area contributed by atoms with Crippen LogP contribution in [0.4, 0.5) is 5.69 Å². The second kappa shape index (κ2) is 3.92. The molecule has 0 bridgehead atoms. The first-order valence-electron chi connectivity index (χ1n) is 4.60. The van der Waals surface area contributed by atoms with Gasteiger partial charge >= 0.3 is 0 Å². The van der Waals surface area contributed by atoms with Crippen LogP contribution in [0.3, 0.4) is 0 Å².